The third-order valence-electron chi connectivity index (χ3n) is 4.47. The molecule has 0 aliphatic rings. The number of hydrogen-bond donors (Lipinski definition) is 0. The van der Waals surface area contributed by atoms with Gasteiger partial charge in [-0.15, -0.1) is 0 Å². The Labute approximate surface area is 170 Å². The largest absolute Gasteiger partial charge is 1.00 e. The molecule has 0 radical (unpaired) electrons. The van der Waals surface area contributed by atoms with Crippen molar-refractivity contribution in [3.8, 4) is 0 Å². The molecule has 5 heteroatoms. The number of rotatable bonds is 12. The smallest absolute Gasteiger partial charge is 0.744 e. The van der Waals surface area contributed by atoms with Crippen LogP contribution in [0.15, 0.2) is 23.1 Å². The summed E-state index contributed by atoms with van der Waals surface area (Å²) < 4.78 is 33.6. The van der Waals surface area contributed by atoms with E-state index in [1.54, 1.807) is 13.0 Å². The topological polar surface area (TPSA) is 57.2 Å². The number of aryl methyl sites for hydroxylation is 1. The molecule has 0 saturated carbocycles. The van der Waals surface area contributed by atoms with Crippen molar-refractivity contribution in [2.45, 2.75) is 89.4 Å². The standard InChI is InChI=1S/C19H32O3S.Na/c1-3-4-5-6-7-8-9-10-11-12-14-18-15-13-16-19(17(18)2)23(20,21)22;/h13,15-16H,3-12,14H2,1-2H3,(H,20,21,22);/q;+1/p-1. The van der Waals surface area contributed by atoms with Crippen molar-refractivity contribution in [1.82, 2.24) is 0 Å². The first kappa shape index (κ1) is 24.1. The van der Waals surface area contributed by atoms with E-state index in [-0.39, 0.29) is 34.5 Å². The Kier molecular flexibility index (Phi) is 13.4. The Balaban J connectivity index is 0.00000529. The monoisotopic (exact) mass is 362 g/mol. The summed E-state index contributed by atoms with van der Waals surface area (Å²) in [4.78, 5) is -0.0675. The summed E-state index contributed by atoms with van der Waals surface area (Å²) in [6.07, 6.45) is 13.7. The zero-order valence-electron chi connectivity index (χ0n) is 15.6. The summed E-state index contributed by atoms with van der Waals surface area (Å²) in [5.41, 5.74) is 1.61. The summed E-state index contributed by atoms with van der Waals surface area (Å²) in [5, 5.41) is 0. The second kappa shape index (κ2) is 13.3. The Bertz CT molecular complexity index is 556. The van der Waals surface area contributed by atoms with E-state index < -0.39 is 10.1 Å². The molecule has 1 aromatic rings. The van der Waals surface area contributed by atoms with Gasteiger partial charge in [0.25, 0.3) is 0 Å². The van der Waals surface area contributed by atoms with Crippen LogP contribution in [-0.4, -0.2) is 13.0 Å². The van der Waals surface area contributed by atoms with Crippen molar-refractivity contribution in [3.05, 3.63) is 29.3 Å². The summed E-state index contributed by atoms with van der Waals surface area (Å²) >= 11 is 0. The van der Waals surface area contributed by atoms with Gasteiger partial charge in [0, 0.05) is 0 Å². The maximum absolute atomic E-state index is 11.2. The summed E-state index contributed by atoms with van der Waals surface area (Å²) in [5.74, 6) is 0. The molecule has 0 N–H and O–H groups in total. The van der Waals surface area contributed by atoms with Gasteiger partial charge in [0.1, 0.15) is 10.1 Å². The van der Waals surface area contributed by atoms with E-state index in [1.807, 2.05) is 6.07 Å². The van der Waals surface area contributed by atoms with E-state index in [9.17, 15) is 13.0 Å². The molecular formula is C19H31NaO3S. The summed E-state index contributed by atoms with van der Waals surface area (Å²) in [7, 11) is -4.36. The Morgan fingerprint density at radius 2 is 1.38 bits per heavy atom. The molecular weight excluding hydrogens is 331 g/mol. The Morgan fingerprint density at radius 3 is 1.88 bits per heavy atom. The van der Waals surface area contributed by atoms with Crippen LogP contribution in [0.5, 0.6) is 0 Å². The molecule has 0 aromatic heterocycles. The summed E-state index contributed by atoms with van der Waals surface area (Å²) in [6.45, 7) is 3.97. The van der Waals surface area contributed by atoms with Crippen molar-refractivity contribution in [3.63, 3.8) is 0 Å². The molecule has 3 nitrogen and oxygen atoms in total. The number of unbranched alkanes of at least 4 members (excludes halogenated alkanes) is 9. The maximum atomic E-state index is 11.2. The third kappa shape index (κ3) is 9.57. The van der Waals surface area contributed by atoms with Gasteiger partial charge in [-0.3, -0.25) is 0 Å². The summed E-state index contributed by atoms with van der Waals surface area (Å²) in [6, 6.07) is 5.00. The average Bonchev–Trinajstić information content (AvgIpc) is 2.49. The van der Waals surface area contributed by atoms with Gasteiger partial charge in [-0.05, 0) is 37.0 Å². The molecule has 0 fully saturated rings. The van der Waals surface area contributed by atoms with Crippen LogP contribution >= 0.6 is 0 Å². The van der Waals surface area contributed by atoms with Crippen molar-refractivity contribution in [1.29, 1.82) is 0 Å². The van der Waals surface area contributed by atoms with Crippen LogP contribution in [0.1, 0.15) is 82.3 Å². The fraction of sp³-hybridized carbons (Fsp3) is 0.684. The van der Waals surface area contributed by atoms with Gasteiger partial charge in [0.2, 0.25) is 0 Å². The maximum Gasteiger partial charge on any atom is 1.00 e. The van der Waals surface area contributed by atoms with Gasteiger partial charge in [-0.25, -0.2) is 8.42 Å². The van der Waals surface area contributed by atoms with Crippen LogP contribution in [0.4, 0.5) is 0 Å². The third-order valence-corrected chi connectivity index (χ3v) is 5.45. The van der Waals surface area contributed by atoms with E-state index in [0.717, 1.165) is 18.4 Å². The minimum Gasteiger partial charge on any atom is -0.744 e. The van der Waals surface area contributed by atoms with Crippen LogP contribution in [0.3, 0.4) is 0 Å². The van der Waals surface area contributed by atoms with Crippen LogP contribution in [0.2, 0.25) is 0 Å². The molecule has 0 bridgehead atoms. The second-order valence-electron chi connectivity index (χ2n) is 6.43. The first-order valence-electron chi connectivity index (χ1n) is 9.01. The SMILES string of the molecule is CCCCCCCCCCCCc1cccc(S(=O)(=O)[O-])c1C.[Na+]. The van der Waals surface area contributed by atoms with Crippen LogP contribution < -0.4 is 29.6 Å². The van der Waals surface area contributed by atoms with E-state index in [4.69, 9.17) is 0 Å². The molecule has 24 heavy (non-hydrogen) atoms. The van der Waals surface area contributed by atoms with Crippen molar-refractivity contribution in [2.75, 3.05) is 0 Å². The molecule has 1 rings (SSSR count). The molecule has 0 amide bonds. The predicted molar refractivity (Wildman–Crippen MR) is 94.7 cm³/mol. The zero-order chi connectivity index (χ0) is 17.1. The van der Waals surface area contributed by atoms with Crippen LogP contribution in [-0.2, 0) is 16.5 Å². The second-order valence-corrected chi connectivity index (χ2v) is 7.77. The molecule has 1 aromatic carbocycles. The first-order valence-corrected chi connectivity index (χ1v) is 10.4. The van der Waals surface area contributed by atoms with E-state index in [2.05, 4.69) is 6.92 Å². The molecule has 0 spiro atoms. The van der Waals surface area contributed by atoms with Crippen LogP contribution in [0.25, 0.3) is 0 Å². The number of hydrogen-bond acceptors (Lipinski definition) is 3. The number of benzene rings is 1. The first-order chi connectivity index (χ1) is 11.0. The normalized spacial score (nSPS) is 11.3. The fourth-order valence-corrected chi connectivity index (χ4v) is 3.76. The van der Waals surface area contributed by atoms with E-state index >= 15 is 0 Å². The van der Waals surface area contributed by atoms with Gasteiger partial charge < -0.3 is 4.55 Å². The Hall–Kier alpha value is 0.130. The fourth-order valence-electron chi connectivity index (χ4n) is 3.00. The minimum atomic E-state index is -4.36. The molecule has 0 atom stereocenters. The van der Waals surface area contributed by atoms with Gasteiger partial charge >= 0.3 is 29.6 Å². The minimum absolute atomic E-state index is 0. The van der Waals surface area contributed by atoms with Gasteiger partial charge in [-0.1, -0.05) is 76.8 Å². The molecule has 132 valence electrons. The molecule has 0 aliphatic heterocycles. The van der Waals surface area contributed by atoms with Crippen LogP contribution in [0, 0.1) is 6.92 Å². The zero-order valence-corrected chi connectivity index (χ0v) is 18.5. The predicted octanol–water partition coefficient (Wildman–Crippen LogP) is 2.37. The van der Waals surface area contributed by atoms with E-state index in [0.29, 0.717) is 5.56 Å². The molecule has 0 unspecified atom stereocenters. The van der Waals surface area contributed by atoms with Gasteiger partial charge in [-0.2, -0.15) is 0 Å². The average molecular weight is 363 g/mol. The Morgan fingerprint density at radius 1 is 0.875 bits per heavy atom. The molecule has 0 saturated heterocycles. The van der Waals surface area contributed by atoms with Crippen molar-refractivity contribution >= 4 is 10.1 Å². The van der Waals surface area contributed by atoms with Gasteiger partial charge in [0.15, 0.2) is 0 Å². The van der Waals surface area contributed by atoms with Gasteiger partial charge in [0.05, 0.1) is 4.90 Å². The van der Waals surface area contributed by atoms with E-state index in [1.165, 1.54) is 63.9 Å². The molecule has 0 aliphatic carbocycles. The molecule has 0 heterocycles. The van der Waals surface area contributed by atoms with Crippen molar-refractivity contribution in [2.24, 2.45) is 0 Å². The quantitative estimate of drug-likeness (QED) is 0.326. The van der Waals surface area contributed by atoms with Crippen molar-refractivity contribution < 1.29 is 42.5 Å².